The molecule has 1 aliphatic rings. The van der Waals surface area contributed by atoms with Gasteiger partial charge in [0.15, 0.2) is 0 Å². The molecule has 2 aromatic rings. The Bertz CT molecular complexity index is 720. The largest absolute Gasteiger partial charge is 0.285 e. The summed E-state index contributed by atoms with van der Waals surface area (Å²) < 4.78 is 13.0. The van der Waals surface area contributed by atoms with Crippen LogP contribution in [0.3, 0.4) is 0 Å². The van der Waals surface area contributed by atoms with Crippen LogP contribution < -0.4 is 0 Å². The number of nitrogens with zero attached hydrogens (tertiary/aromatic N) is 4. The Kier molecular flexibility index (Phi) is 4.66. The molecular weight excluding hydrogens is 291 g/mol. The van der Waals surface area contributed by atoms with Crippen LogP contribution in [-0.2, 0) is 6.54 Å². The van der Waals surface area contributed by atoms with Crippen LogP contribution in [0.4, 0.5) is 4.39 Å². The molecule has 23 heavy (non-hydrogen) atoms. The number of aliphatic imine (C=N–C) groups is 2. The minimum absolute atomic E-state index is 0.196. The molecule has 116 valence electrons. The summed E-state index contributed by atoms with van der Waals surface area (Å²) in [5.41, 5.74) is 2.30. The fraction of sp³-hybridized carbons (Fsp3) is 0.222. The van der Waals surface area contributed by atoms with E-state index >= 15 is 0 Å². The molecule has 1 heterocycles. The van der Waals surface area contributed by atoms with Gasteiger partial charge < -0.3 is 0 Å². The second-order valence-electron chi connectivity index (χ2n) is 5.45. The van der Waals surface area contributed by atoms with Crippen molar-refractivity contribution >= 4 is 12.9 Å². The lowest BCUT2D eigenvalue weighted by Crippen LogP contribution is -1.95. The highest BCUT2D eigenvalue weighted by atomic mass is 19.1. The van der Waals surface area contributed by atoms with Gasteiger partial charge >= 0.3 is 0 Å². The van der Waals surface area contributed by atoms with Gasteiger partial charge in [0.1, 0.15) is 11.6 Å². The molecular formula is C18H17FN4. The highest BCUT2D eigenvalue weighted by Gasteiger charge is 2.39. The van der Waals surface area contributed by atoms with Gasteiger partial charge in [0, 0.05) is 24.8 Å². The van der Waals surface area contributed by atoms with E-state index in [4.69, 9.17) is 0 Å². The van der Waals surface area contributed by atoms with Crippen molar-refractivity contribution in [3.63, 3.8) is 0 Å². The highest BCUT2D eigenvalue weighted by molar-refractivity contribution is 5.70. The van der Waals surface area contributed by atoms with Crippen LogP contribution in [0.1, 0.15) is 35.2 Å². The summed E-state index contributed by atoms with van der Waals surface area (Å²) in [6.45, 7) is 3.78. The molecule has 1 saturated carbocycles. The second-order valence-corrected chi connectivity index (χ2v) is 5.45. The minimum Gasteiger partial charge on any atom is -0.285 e. The standard InChI is InChI=1S/C18H17FN4/c1-20-7-2-8-21-12-18-22-10-14(11-23-18)17-9-16(17)13-3-5-15(19)6-4-13/h2-8,10-11,16-17H,1,9,12H2/b7-2-,21-8?. The topological polar surface area (TPSA) is 50.5 Å². The van der Waals surface area contributed by atoms with E-state index in [0.29, 0.717) is 24.2 Å². The number of rotatable bonds is 6. The van der Waals surface area contributed by atoms with Gasteiger partial charge in [-0.2, -0.15) is 0 Å². The van der Waals surface area contributed by atoms with Crippen LogP contribution in [-0.4, -0.2) is 22.9 Å². The molecule has 1 aromatic heterocycles. The zero-order valence-electron chi connectivity index (χ0n) is 12.6. The van der Waals surface area contributed by atoms with E-state index < -0.39 is 0 Å². The summed E-state index contributed by atoms with van der Waals surface area (Å²) in [7, 11) is 0. The molecule has 0 amide bonds. The fourth-order valence-corrected chi connectivity index (χ4v) is 2.57. The van der Waals surface area contributed by atoms with Crippen molar-refractivity contribution in [2.45, 2.75) is 24.8 Å². The molecule has 5 heteroatoms. The van der Waals surface area contributed by atoms with Crippen LogP contribution >= 0.6 is 0 Å². The summed E-state index contributed by atoms with van der Waals surface area (Å²) in [5.74, 6) is 1.36. The smallest absolute Gasteiger partial charge is 0.149 e. The molecule has 0 radical (unpaired) electrons. The van der Waals surface area contributed by atoms with E-state index in [9.17, 15) is 4.39 Å². The maximum Gasteiger partial charge on any atom is 0.149 e. The number of benzene rings is 1. The van der Waals surface area contributed by atoms with E-state index in [1.807, 2.05) is 24.5 Å². The number of allylic oxidation sites excluding steroid dienone is 1. The molecule has 1 aromatic carbocycles. The third kappa shape index (κ3) is 3.94. The molecule has 2 unspecified atom stereocenters. The molecule has 0 spiro atoms. The van der Waals surface area contributed by atoms with Gasteiger partial charge in [0.2, 0.25) is 0 Å². The summed E-state index contributed by atoms with van der Waals surface area (Å²) in [5, 5.41) is 0. The van der Waals surface area contributed by atoms with Crippen molar-refractivity contribution in [1.29, 1.82) is 0 Å². The number of hydrogen-bond donors (Lipinski definition) is 0. The third-order valence-electron chi connectivity index (χ3n) is 3.86. The Labute approximate surface area is 134 Å². The molecule has 0 saturated heterocycles. The van der Waals surface area contributed by atoms with Crippen molar-refractivity contribution in [2.24, 2.45) is 9.98 Å². The lowest BCUT2D eigenvalue weighted by atomic mass is 10.1. The Hall–Kier alpha value is -2.69. The SMILES string of the molecule is C=N/C=C\C=NCc1ncc(C2CC2c2ccc(F)cc2)cn1. The van der Waals surface area contributed by atoms with Crippen molar-refractivity contribution in [1.82, 2.24) is 9.97 Å². The summed E-state index contributed by atoms with van der Waals surface area (Å²) in [6.07, 6.45) is 9.72. The average Bonchev–Trinajstić information content (AvgIpc) is 3.37. The molecule has 1 aliphatic carbocycles. The first-order chi connectivity index (χ1) is 11.3. The molecule has 1 fully saturated rings. The van der Waals surface area contributed by atoms with Gasteiger partial charge in [0.05, 0.1) is 6.54 Å². The first-order valence-corrected chi connectivity index (χ1v) is 7.45. The van der Waals surface area contributed by atoms with Crippen LogP contribution in [0.25, 0.3) is 0 Å². The molecule has 4 nitrogen and oxygen atoms in total. The van der Waals surface area contributed by atoms with Crippen molar-refractivity contribution in [3.8, 4) is 0 Å². The van der Waals surface area contributed by atoms with E-state index in [-0.39, 0.29) is 5.82 Å². The van der Waals surface area contributed by atoms with Gasteiger partial charge in [-0.15, -0.1) is 0 Å². The van der Waals surface area contributed by atoms with Gasteiger partial charge in [0.25, 0.3) is 0 Å². The normalized spacial score (nSPS) is 20.2. The second kappa shape index (κ2) is 7.05. The van der Waals surface area contributed by atoms with Gasteiger partial charge in [-0.05, 0) is 54.3 Å². The predicted octanol–water partition coefficient (Wildman–Crippen LogP) is 3.67. The Morgan fingerprint density at radius 2 is 1.83 bits per heavy atom. The zero-order chi connectivity index (χ0) is 16.1. The third-order valence-corrected chi connectivity index (χ3v) is 3.86. The summed E-state index contributed by atoms with van der Waals surface area (Å²) >= 11 is 0. The van der Waals surface area contributed by atoms with Crippen molar-refractivity contribution < 1.29 is 4.39 Å². The van der Waals surface area contributed by atoms with Crippen LogP contribution in [0.5, 0.6) is 0 Å². The van der Waals surface area contributed by atoms with Gasteiger partial charge in [-0.3, -0.25) is 9.98 Å². The molecule has 0 bridgehead atoms. The average molecular weight is 308 g/mol. The lowest BCUT2D eigenvalue weighted by molar-refractivity contribution is 0.627. The molecule has 0 N–H and O–H groups in total. The highest BCUT2D eigenvalue weighted by Crippen LogP contribution is 2.54. The monoisotopic (exact) mass is 308 g/mol. The fourth-order valence-electron chi connectivity index (χ4n) is 2.57. The first kappa shape index (κ1) is 15.2. The first-order valence-electron chi connectivity index (χ1n) is 7.45. The Morgan fingerprint density at radius 3 is 2.52 bits per heavy atom. The number of aromatic nitrogens is 2. The van der Waals surface area contributed by atoms with Crippen molar-refractivity contribution in [3.05, 3.63) is 71.7 Å². The van der Waals surface area contributed by atoms with Crippen LogP contribution in [0.15, 0.2) is 58.9 Å². The van der Waals surface area contributed by atoms with Crippen LogP contribution in [0, 0.1) is 5.82 Å². The minimum atomic E-state index is -0.196. The zero-order valence-corrected chi connectivity index (χ0v) is 12.6. The molecule has 3 rings (SSSR count). The molecule has 0 aliphatic heterocycles. The quantitative estimate of drug-likeness (QED) is 0.764. The maximum atomic E-state index is 13.0. The summed E-state index contributed by atoms with van der Waals surface area (Å²) in [6, 6.07) is 6.74. The van der Waals surface area contributed by atoms with E-state index in [1.54, 1.807) is 18.5 Å². The van der Waals surface area contributed by atoms with Gasteiger partial charge in [-0.1, -0.05) is 12.1 Å². The number of halogens is 1. The van der Waals surface area contributed by atoms with E-state index in [2.05, 4.69) is 26.7 Å². The van der Waals surface area contributed by atoms with Crippen molar-refractivity contribution in [2.75, 3.05) is 0 Å². The lowest BCUT2D eigenvalue weighted by Gasteiger charge is -2.02. The summed E-state index contributed by atoms with van der Waals surface area (Å²) in [4.78, 5) is 16.5. The molecule has 2 atom stereocenters. The maximum absolute atomic E-state index is 13.0. The Morgan fingerprint density at radius 1 is 1.13 bits per heavy atom. The Balaban J connectivity index is 1.58. The van der Waals surface area contributed by atoms with Gasteiger partial charge in [-0.25, -0.2) is 14.4 Å². The van der Waals surface area contributed by atoms with Crippen LogP contribution in [0.2, 0.25) is 0 Å². The predicted molar refractivity (Wildman–Crippen MR) is 89.4 cm³/mol. The van der Waals surface area contributed by atoms with E-state index in [0.717, 1.165) is 12.0 Å². The van der Waals surface area contributed by atoms with E-state index in [1.165, 1.54) is 17.7 Å². The number of hydrogen-bond acceptors (Lipinski definition) is 4.